The van der Waals surface area contributed by atoms with E-state index in [2.05, 4.69) is 11.6 Å². The van der Waals surface area contributed by atoms with Gasteiger partial charge in [0.25, 0.3) is 0 Å². The average molecular weight is 153 g/mol. The molecular weight excluding hydrogens is 138 g/mol. The number of hydrogen-bond donors (Lipinski definition) is 1. The summed E-state index contributed by atoms with van der Waals surface area (Å²) in [6, 6.07) is 0.245. The van der Waals surface area contributed by atoms with Crippen LogP contribution in [0.2, 0.25) is 0 Å². The van der Waals surface area contributed by atoms with E-state index < -0.39 is 0 Å². The zero-order chi connectivity index (χ0) is 8.43. The molecule has 1 fully saturated rings. The topological polar surface area (TPSA) is 30.3 Å². The quantitative estimate of drug-likeness (QED) is 0.602. The molecule has 1 heterocycles. The molecule has 0 amide bonds. The minimum absolute atomic E-state index is 0.245. The van der Waals surface area contributed by atoms with Gasteiger partial charge in [0.15, 0.2) is 0 Å². The third kappa shape index (κ3) is 1.43. The second-order valence-corrected chi connectivity index (χ2v) is 2.90. The lowest BCUT2D eigenvalue weighted by Crippen LogP contribution is -2.41. The highest BCUT2D eigenvalue weighted by Crippen LogP contribution is 2.13. The molecule has 62 valence electrons. The summed E-state index contributed by atoms with van der Waals surface area (Å²) >= 11 is 0. The molecule has 0 spiro atoms. The Morgan fingerprint density at radius 3 is 2.73 bits per heavy atom. The first-order valence-electron chi connectivity index (χ1n) is 3.87. The fourth-order valence-electron chi connectivity index (χ4n) is 1.35. The molecule has 1 atom stereocenters. The van der Waals surface area contributed by atoms with E-state index in [0.717, 1.165) is 13.0 Å². The number of amidine groups is 1. The van der Waals surface area contributed by atoms with Crippen LogP contribution in [0.25, 0.3) is 0 Å². The highest BCUT2D eigenvalue weighted by Gasteiger charge is 2.25. The number of nitrogens with zero attached hydrogens (tertiary/aromatic N) is 2. The summed E-state index contributed by atoms with van der Waals surface area (Å²) in [5.41, 5.74) is 0. The van der Waals surface area contributed by atoms with Gasteiger partial charge in [-0.3, -0.25) is 10.4 Å². The SMILES string of the molecule is C=C[C@@H](C)N1C(=N)CCN1C. The summed E-state index contributed by atoms with van der Waals surface area (Å²) in [4.78, 5) is 0. The van der Waals surface area contributed by atoms with Crippen molar-refractivity contribution in [2.75, 3.05) is 13.6 Å². The first-order valence-corrected chi connectivity index (χ1v) is 3.87. The smallest absolute Gasteiger partial charge is 0.112 e. The second kappa shape index (κ2) is 3.05. The zero-order valence-electron chi connectivity index (χ0n) is 7.17. The molecule has 1 aliphatic heterocycles. The van der Waals surface area contributed by atoms with E-state index in [1.54, 1.807) is 0 Å². The van der Waals surface area contributed by atoms with Crippen molar-refractivity contribution in [3.05, 3.63) is 12.7 Å². The van der Waals surface area contributed by atoms with Crippen molar-refractivity contribution in [3.63, 3.8) is 0 Å². The van der Waals surface area contributed by atoms with Crippen molar-refractivity contribution in [3.8, 4) is 0 Å². The Balaban J connectivity index is 2.67. The third-order valence-corrected chi connectivity index (χ3v) is 2.04. The third-order valence-electron chi connectivity index (χ3n) is 2.04. The standard InChI is InChI=1S/C8H15N3/c1-4-7(2)11-8(9)5-6-10(11)3/h4,7,9H,1,5-6H2,2-3H3/t7-/m1/s1. The van der Waals surface area contributed by atoms with E-state index in [0.29, 0.717) is 5.84 Å². The molecule has 11 heavy (non-hydrogen) atoms. The Hall–Kier alpha value is -0.830. The van der Waals surface area contributed by atoms with Crippen LogP contribution in [-0.4, -0.2) is 35.5 Å². The summed E-state index contributed by atoms with van der Waals surface area (Å²) in [5.74, 6) is 0.694. The highest BCUT2D eigenvalue weighted by molar-refractivity contribution is 5.80. The van der Waals surface area contributed by atoms with E-state index in [4.69, 9.17) is 5.41 Å². The Morgan fingerprint density at radius 2 is 2.36 bits per heavy atom. The second-order valence-electron chi connectivity index (χ2n) is 2.90. The van der Waals surface area contributed by atoms with Gasteiger partial charge in [0.2, 0.25) is 0 Å². The van der Waals surface area contributed by atoms with Crippen LogP contribution in [0.4, 0.5) is 0 Å². The van der Waals surface area contributed by atoms with Crippen LogP contribution in [0.15, 0.2) is 12.7 Å². The Morgan fingerprint density at radius 1 is 1.73 bits per heavy atom. The molecule has 1 N–H and O–H groups in total. The molecule has 1 saturated heterocycles. The normalized spacial score (nSPS) is 22.4. The van der Waals surface area contributed by atoms with Crippen LogP contribution >= 0.6 is 0 Å². The van der Waals surface area contributed by atoms with Gasteiger partial charge in [-0.2, -0.15) is 0 Å². The molecule has 0 bridgehead atoms. The first kappa shape index (κ1) is 8.27. The van der Waals surface area contributed by atoms with Gasteiger partial charge in [0, 0.05) is 20.0 Å². The van der Waals surface area contributed by atoms with Gasteiger partial charge in [-0.1, -0.05) is 6.08 Å². The number of rotatable bonds is 2. The van der Waals surface area contributed by atoms with Gasteiger partial charge in [-0.15, -0.1) is 6.58 Å². The first-order chi connectivity index (χ1) is 5.16. The van der Waals surface area contributed by atoms with E-state index >= 15 is 0 Å². The van der Waals surface area contributed by atoms with Crippen molar-refractivity contribution in [2.24, 2.45) is 0 Å². The van der Waals surface area contributed by atoms with Crippen LogP contribution in [0.1, 0.15) is 13.3 Å². The van der Waals surface area contributed by atoms with Gasteiger partial charge in [-0.05, 0) is 6.92 Å². The molecule has 0 saturated carbocycles. The molecule has 3 heteroatoms. The fraction of sp³-hybridized carbons (Fsp3) is 0.625. The van der Waals surface area contributed by atoms with Crippen LogP contribution in [-0.2, 0) is 0 Å². The number of nitrogens with one attached hydrogen (secondary N) is 1. The largest absolute Gasteiger partial charge is 0.287 e. The Kier molecular flexibility index (Phi) is 2.29. The molecule has 1 rings (SSSR count). The minimum Gasteiger partial charge on any atom is -0.287 e. The van der Waals surface area contributed by atoms with Crippen molar-refractivity contribution >= 4 is 5.84 Å². The number of hydrogen-bond acceptors (Lipinski definition) is 2. The predicted octanol–water partition coefficient (Wildman–Crippen LogP) is 1.09. The summed E-state index contributed by atoms with van der Waals surface area (Å²) in [6.45, 7) is 6.71. The average Bonchev–Trinajstić information content (AvgIpc) is 2.30. The van der Waals surface area contributed by atoms with Crippen LogP contribution in [0.5, 0.6) is 0 Å². The summed E-state index contributed by atoms with van der Waals surface area (Å²) < 4.78 is 0. The maximum atomic E-state index is 7.61. The fourth-order valence-corrected chi connectivity index (χ4v) is 1.35. The van der Waals surface area contributed by atoms with E-state index in [9.17, 15) is 0 Å². The Bertz CT molecular complexity index is 176. The monoisotopic (exact) mass is 153 g/mol. The van der Waals surface area contributed by atoms with E-state index in [1.807, 2.05) is 25.1 Å². The number of hydrazine groups is 1. The molecule has 0 aromatic carbocycles. The van der Waals surface area contributed by atoms with Gasteiger partial charge in [0.05, 0.1) is 6.04 Å². The molecule has 3 nitrogen and oxygen atoms in total. The molecule has 0 unspecified atom stereocenters. The molecule has 0 aromatic rings. The lowest BCUT2D eigenvalue weighted by Gasteiger charge is -2.29. The summed E-state index contributed by atoms with van der Waals surface area (Å²) in [7, 11) is 2.00. The minimum atomic E-state index is 0.245. The van der Waals surface area contributed by atoms with Crippen LogP contribution in [0, 0.1) is 5.41 Å². The van der Waals surface area contributed by atoms with Crippen LogP contribution < -0.4 is 0 Å². The lowest BCUT2D eigenvalue weighted by atomic mass is 10.3. The maximum absolute atomic E-state index is 7.61. The van der Waals surface area contributed by atoms with Crippen molar-refractivity contribution in [1.29, 1.82) is 5.41 Å². The summed E-state index contributed by atoms with van der Waals surface area (Å²) in [6.07, 6.45) is 2.71. The highest BCUT2D eigenvalue weighted by atomic mass is 15.7. The summed E-state index contributed by atoms with van der Waals surface area (Å²) in [5, 5.41) is 11.6. The van der Waals surface area contributed by atoms with Crippen LogP contribution in [0.3, 0.4) is 0 Å². The van der Waals surface area contributed by atoms with E-state index in [-0.39, 0.29) is 6.04 Å². The molecule has 1 aliphatic rings. The van der Waals surface area contributed by atoms with Gasteiger partial charge < -0.3 is 0 Å². The lowest BCUT2D eigenvalue weighted by molar-refractivity contribution is 0.0892. The molecular formula is C8H15N3. The molecule has 0 aliphatic carbocycles. The van der Waals surface area contributed by atoms with Gasteiger partial charge >= 0.3 is 0 Å². The van der Waals surface area contributed by atoms with E-state index in [1.165, 1.54) is 0 Å². The molecule has 0 radical (unpaired) electrons. The Labute approximate surface area is 67.8 Å². The van der Waals surface area contributed by atoms with Crippen molar-refractivity contribution in [1.82, 2.24) is 10.0 Å². The van der Waals surface area contributed by atoms with Crippen molar-refractivity contribution in [2.45, 2.75) is 19.4 Å². The van der Waals surface area contributed by atoms with Crippen molar-refractivity contribution < 1.29 is 0 Å². The predicted molar refractivity (Wildman–Crippen MR) is 46.5 cm³/mol. The maximum Gasteiger partial charge on any atom is 0.112 e. The van der Waals surface area contributed by atoms with Gasteiger partial charge in [-0.25, -0.2) is 5.01 Å². The molecule has 0 aromatic heterocycles. The zero-order valence-corrected chi connectivity index (χ0v) is 7.17. The van der Waals surface area contributed by atoms with Gasteiger partial charge in [0.1, 0.15) is 5.84 Å².